The number of amides is 1. The van der Waals surface area contributed by atoms with Gasteiger partial charge in [-0.15, -0.1) is 0 Å². The minimum atomic E-state index is -0.272. The molecule has 0 aromatic heterocycles. The van der Waals surface area contributed by atoms with Gasteiger partial charge in [0.05, 0.1) is 24.9 Å². The van der Waals surface area contributed by atoms with Gasteiger partial charge in [-0.05, 0) is 54.1 Å². The van der Waals surface area contributed by atoms with Gasteiger partial charge < -0.3 is 24.8 Å². The summed E-state index contributed by atoms with van der Waals surface area (Å²) in [4.78, 5) is 12.2. The van der Waals surface area contributed by atoms with Crippen LogP contribution in [0.15, 0.2) is 66.7 Å². The van der Waals surface area contributed by atoms with Gasteiger partial charge in [-0.1, -0.05) is 29.8 Å². The monoisotopic (exact) mass is 426 g/mol. The molecule has 2 N–H and O–H groups in total. The summed E-state index contributed by atoms with van der Waals surface area (Å²) in [7, 11) is 3.15. The number of halogens is 1. The first-order chi connectivity index (χ1) is 14.6. The van der Waals surface area contributed by atoms with Crippen molar-refractivity contribution in [2.45, 2.75) is 6.54 Å². The highest BCUT2D eigenvalue weighted by molar-refractivity contribution is 6.33. The van der Waals surface area contributed by atoms with E-state index in [-0.39, 0.29) is 12.5 Å². The minimum Gasteiger partial charge on any atom is -0.497 e. The van der Waals surface area contributed by atoms with Gasteiger partial charge >= 0.3 is 0 Å². The molecule has 3 rings (SSSR count). The zero-order valence-electron chi connectivity index (χ0n) is 16.8. The van der Waals surface area contributed by atoms with Gasteiger partial charge in [0.25, 0.3) is 5.91 Å². The Morgan fingerprint density at radius 3 is 2.40 bits per heavy atom. The van der Waals surface area contributed by atoms with Gasteiger partial charge in [-0.2, -0.15) is 0 Å². The zero-order valence-corrected chi connectivity index (χ0v) is 17.5. The number of methoxy groups -OCH3 is 2. The van der Waals surface area contributed by atoms with Crippen LogP contribution in [0.5, 0.6) is 17.2 Å². The Labute approximate surface area is 180 Å². The van der Waals surface area contributed by atoms with Crippen molar-refractivity contribution in [2.75, 3.05) is 31.5 Å². The van der Waals surface area contributed by atoms with E-state index in [1.807, 2.05) is 36.4 Å². The smallest absolute Gasteiger partial charge is 0.262 e. The third kappa shape index (κ3) is 5.81. The Morgan fingerprint density at radius 2 is 1.70 bits per heavy atom. The summed E-state index contributed by atoms with van der Waals surface area (Å²) < 4.78 is 16.2. The van der Waals surface area contributed by atoms with Crippen molar-refractivity contribution in [3.05, 3.63) is 77.3 Å². The molecule has 3 aromatic rings. The molecule has 156 valence electrons. The summed E-state index contributed by atoms with van der Waals surface area (Å²) in [6.07, 6.45) is 0. The maximum Gasteiger partial charge on any atom is 0.262 e. The standard InChI is InChI=1S/C23H23ClN2O4/c1-28-18-10-8-17(9-11-18)26-23(27)15-30-21-12-7-16(13-22(21)29-2)14-25-20-6-4-3-5-19(20)24/h3-13,25H,14-15H2,1-2H3,(H,26,27). The van der Waals surface area contributed by atoms with Crippen molar-refractivity contribution in [3.63, 3.8) is 0 Å². The molecule has 3 aromatic carbocycles. The van der Waals surface area contributed by atoms with Crippen molar-refractivity contribution in [1.29, 1.82) is 0 Å². The van der Waals surface area contributed by atoms with Gasteiger partial charge in [0.2, 0.25) is 0 Å². The van der Waals surface area contributed by atoms with Crippen LogP contribution in [0.25, 0.3) is 0 Å². The Morgan fingerprint density at radius 1 is 0.933 bits per heavy atom. The van der Waals surface area contributed by atoms with E-state index in [0.717, 1.165) is 17.0 Å². The fourth-order valence-electron chi connectivity index (χ4n) is 2.76. The van der Waals surface area contributed by atoms with Crippen molar-refractivity contribution < 1.29 is 19.0 Å². The third-order valence-electron chi connectivity index (χ3n) is 4.32. The number of para-hydroxylation sites is 1. The molecule has 0 spiro atoms. The molecule has 0 aliphatic rings. The van der Waals surface area contributed by atoms with Gasteiger partial charge in [-0.3, -0.25) is 4.79 Å². The summed E-state index contributed by atoms with van der Waals surface area (Å²) in [6.45, 7) is 0.429. The van der Waals surface area contributed by atoms with Crippen LogP contribution in [-0.4, -0.2) is 26.7 Å². The highest BCUT2D eigenvalue weighted by Gasteiger charge is 2.10. The molecule has 0 radical (unpaired) electrons. The summed E-state index contributed by atoms with van der Waals surface area (Å²) in [5.74, 6) is 1.49. The van der Waals surface area contributed by atoms with Crippen LogP contribution in [0.4, 0.5) is 11.4 Å². The van der Waals surface area contributed by atoms with E-state index >= 15 is 0 Å². The number of ether oxygens (including phenoxy) is 3. The molecule has 1 amide bonds. The largest absolute Gasteiger partial charge is 0.497 e. The number of rotatable bonds is 9. The Balaban J connectivity index is 1.56. The van der Waals surface area contributed by atoms with Crippen molar-refractivity contribution in [2.24, 2.45) is 0 Å². The van der Waals surface area contributed by atoms with E-state index in [0.29, 0.717) is 28.8 Å². The second-order valence-corrected chi connectivity index (χ2v) is 6.79. The molecule has 0 aliphatic heterocycles. The Bertz CT molecular complexity index is 993. The van der Waals surface area contributed by atoms with E-state index < -0.39 is 0 Å². The fourth-order valence-corrected chi connectivity index (χ4v) is 2.96. The average molecular weight is 427 g/mol. The lowest BCUT2D eigenvalue weighted by molar-refractivity contribution is -0.118. The fraction of sp³-hybridized carbons (Fsp3) is 0.174. The van der Waals surface area contributed by atoms with Gasteiger partial charge in [-0.25, -0.2) is 0 Å². The molecule has 0 fully saturated rings. The molecule has 0 atom stereocenters. The predicted molar refractivity (Wildman–Crippen MR) is 119 cm³/mol. The number of carbonyl (C=O) groups excluding carboxylic acids is 1. The lowest BCUT2D eigenvalue weighted by atomic mass is 10.2. The maximum absolute atomic E-state index is 12.2. The zero-order chi connectivity index (χ0) is 21.3. The first-order valence-corrected chi connectivity index (χ1v) is 9.69. The first-order valence-electron chi connectivity index (χ1n) is 9.31. The number of benzene rings is 3. The van der Waals surface area contributed by atoms with Crippen LogP contribution < -0.4 is 24.8 Å². The molecule has 30 heavy (non-hydrogen) atoms. The number of hydrogen-bond donors (Lipinski definition) is 2. The summed E-state index contributed by atoms with van der Waals surface area (Å²) in [5, 5.41) is 6.72. The second kappa shape index (κ2) is 10.4. The molecule has 0 aliphatic carbocycles. The van der Waals surface area contributed by atoms with Crippen LogP contribution in [0.3, 0.4) is 0 Å². The highest BCUT2D eigenvalue weighted by Crippen LogP contribution is 2.29. The van der Waals surface area contributed by atoms with Crippen LogP contribution in [-0.2, 0) is 11.3 Å². The first kappa shape index (κ1) is 21.3. The van der Waals surface area contributed by atoms with Crippen LogP contribution in [0.2, 0.25) is 5.02 Å². The minimum absolute atomic E-state index is 0.139. The van der Waals surface area contributed by atoms with Crippen molar-refractivity contribution in [1.82, 2.24) is 0 Å². The average Bonchev–Trinajstić information content (AvgIpc) is 2.78. The van der Waals surface area contributed by atoms with Crippen LogP contribution >= 0.6 is 11.6 Å². The molecule has 6 nitrogen and oxygen atoms in total. The van der Waals surface area contributed by atoms with E-state index in [2.05, 4.69) is 10.6 Å². The topological polar surface area (TPSA) is 68.8 Å². The van der Waals surface area contributed by atoms with Crippen LogP contribution in [0, 0.1) is 0 Å². The molecule has 0 saturated heterocycles. The normalized spacial score (nSPS) is 10.2. The SMILES string of the molecule is COc1ccc(NC(=O)COc2ccc(CNc3ccccc3Cl)cc2OC)cc1. The van der Waals surface area contributed by atoms with Crippen molar-refractivity contribution in [3.8, 4) is 17.2 Å². The second-order valence-electron chi connectivity index (χ2n) is 6.38. The lowest BCUT2D eigenvalue weighted by Gasteiger charge is -2.13. The van der Waals surface area contributed by atoms with Crippen molar-refractivity contribution >= 4 is 28.9 Å². The number of anilines is 2. The van der Waals surface area contributed by atoms with E-state index in [4.69, 9.17) is 25.8 Å². The number of nitrogens with one attached hydrogen (secondary N) is 2. The van der Waals surface area contributed by atoms with Crippen LogP contribution in [0.1, 0.15) is 5.56 Å². The molecule has 0 saturated carbocycles. The van der Waals surface area contributed by atoms with E-state index in [1.165, 1.54) is 0 Å². The molecule has 0 bridgehead atoms. The molecule has 0 heterocycles. The number of hydrogen-bond acceptors (Lipinski definition) is 5. The Kier molecular flexibility index (Phi) is 7.40. The molecular formula is C23H23ClN2O4. The maximum atomic E-state index is 12.2. The summed E-state index contributed by atoms with van der Waals surface area (Å²) >= 11 is 6.17. The summed E-state index contributed by atoms with van der Waals surface area (Å²) in [5.41, 5.74) is 2.51. The molecule has 0 unspecified atom stereocenters. The van der Waals surface area contributed by atoms with Gasteiger partial charge in [0.15, 0.2) is 18.1 Å². The number of carbonyl (C=O) groups is 1. The summed E-state index contributed by atoms with van der Waals surface area (Å²) in [6, 6.07) is 20.2. The quantitative estimate of drug-likeness (QED) is 0.504. The molecule has 7 heteroatoms. The third-order valence-corrected chi connectivity index (χ3v) is 4.65. The van der Waals surface area contributed by atoms with E-state index in [1.54, 1.807) is 44.6 Å². The highest BCUT2D eigenvalue weighted by atomic mass is 35.5. The predicted octanol–water partition coefficient (Wildman–Crippen LogP) is 4.99. The lowest BCUT2D eigenvalue weighted by Crippen LogP contribution is -2.20. The molecular weight excluding hydrogens is 404 g/mol. The Hall–Kier alpha value is -3.38. The van der Waals surface area contributed by atoms with Gasteiger partial charge in [0, 0.05) is 12.2 Å². The van der Waals surface area contributed by atoms with E-state index in [9.17, 15) is 4.79 Å². The van der Waals surface area contributed by atoms with Gasteiger partial charge in [0.1, 0.15) is 5.75 Å².